The zero-order chi connectivity index (χ0) is 16.5. The van der Waals surface area contributed by atoms with Gasteiger partial charge in [0, 0.05) is 17.4 Å². The monoisotopic (exact) mass is 342 g/mol. The number of hydrogen-bond donors (Lipinski definition) is 2. The molecule has 0 unspecified atom stereocenters. The minimum Gasteiger partial charge on any atom is -0.486 e. The zero-order valence-corrected chi connectivity index (χ0v) is 13.5. The van der Waals surface area contributed by atoms with E-state index in [1.807, 2.05) is 36.4 Å². The lowest BCUT2D eigenvalue weighted by atomic mass is 10.2. The molecule has 6 heteroatoms. The van der Waals surface area contributed by atoms with Crippen LogP contribution in [0.5, 0.6) is 11.5 Å². The van der Waals surface area contributed by atoms with Crippen LogP contribution in [0.3, 0.4) is 0 Å². The maximum absolute atomic E-state index is 12.3. The molecule has 24 heavy (non-hydrogen) atoms. The molecule has 0 aliphatic carbocycles. The Labute approximate surface area is 143 Å². The SMILES string of the molecule is O=C(NCc1cc(Cl)c2c(c1)OCCO2)c1cc2ccccc2[nH]1. The van der Waals surface area contributed by atoms with Crippen molar-refractivity contribution < 1.29 is 14.3 Å². The van der Waals surface area contributed by atoms with Crippen molar-refractivity contribution in [3.63, 3.8) is 0 Å². The van der Waals surface area contributed by atoms with Crippen molar-refractivity contribution in [1.82, 2.24) is 10.3 Å². The van der Waals surface area contributed by atoms with E-state index in [0.29, 0.717) is 42.0 Å². The third kappa shape index (κ3) is 2.78. The molecule has 4 rings (SSSR count). The van der Waals surface area contributed by atoms with Gasteiger partial charge in [-0.3, -0.25) is 4.79 Å². The van der Waals surface area contributed by atoms with E-state index in [1.54, 1.807) is 6.07 Å². The van der Waals surface area contributed by atoms with Crippen LogP contribution in [0.4, 0.5) is 0 Å². The van der Waals surface area contributed by atoms with Crippen LogP contribution in [-0.4, -0.2) is 24.1 Å². The van der Waals surface area contributed by atoms with Crippen LogP contribution >= 0.6 is 11.6 Å². The molecule has 1 aromatic heterocycles. The molecule has 0 fully saturated rings. The summed E-state index contributed by atoms with van der Waals surface area (Å²) in [6.45, 7) is 1.34. The number of H-pyrrole nitrogens is 1. The van der Waals surface area contributed by atoms with Crippen molar-refractivity contribution >= 4 is 28.4 Å². The van der Waals surface area contributed by atoms with Gasteiger partial charge < -0.3 is 19.8 Å². The highest BCUT2D eigenvalue weighted by Crippen LogP contribution is 2.38. The van der Waals surface area contributed by atoms with Crippen molar-refractivity contribution in [3.05, 3.63) is 58.7 Å². The third-order valence-electron chi connectivity index (χ3n) is 3.88. The predicted octanol–water partition coefficient (Wildman–Crippen LogP) is 3.52. The van der Waals surface area contributed by atoms with Crippen molar-refractivity contribution in [2.24, 2.45) is 0 Å². The van der Waals surface area contributed by atoms with Crippen LogP contribution in [0.15, 0.2) is 42.5 Å². The average Bonchev–Trinajstić information content (AvgIpc) is 3.04. The molecule has 122 valence electrons. The van der Waals surface area contributed by atoms with Gasteiger partial charge in [-0.1, -0.05) is 29.8 Å². The van der Waals surface area contributed by atoms with Gasteiger partial charge in [-0.25, -0.2) is 0 Å². The summed E-state index contributed by atoms with van der Waals surface area (Å²) in [4.78, 5) is 15.4. The van der Waals surface area contributed by atoms with Gasteiger partial charge in [-0.05, 0) is 29.8 Å². The van der Waals surface area contributed by atoms with E-state index in [-0.39, 0.29) is 5.91 Å². The number of rotatable bonds is 3. The fourth-order valence-corrected chi connectivity index (χ4v) is 3.03. The summed E-state index contributed by atoms with van der Waals surface area (Å²) in [6, 6.07) is 13.2. The lowest BCUT2D eigenvalue weighted by molar-refractivity contribution is 0.0946. The van der Waals surface area contributed by atoms with Crippen LogP contribution in [0.1, 0.15) is 16.1 Å². The Morgan fingerprint density at radius 1 is 1.17 bits per heavy atom. The van der Waals surface area contributed by atoms with Crippen molar-refractivity contribution in [3.8, 4) is 11.5 Å². The number of carbonyl (C=O) groups is 1. The molecule has 0 atom stereocenters. The highest BCUT2D eigenvalue weighted by atomic mass is 35.5. The first-order valence-electron chi connectivity index (χ1n) is 7.65. The summed E-state index contributed by atoms with van der Waals surface area (Å²) < 4.78 is 11.0. The number of halogens is 1. The standard InChI is InChI=1S/C18H15ClN2O3/c19-13-7-11(8-16-17(13)24-6-5-23-16)10-20-18(22)15-9-12-3-1-2-4-14(12)21-15/h1-4,7-9,21H,5-6,10H2,(H,20,22). The molecule has 0 saturated carbocycles. The van der Waals surface area contributed by atoms with Gasteiger partial charge in [0.05, 0.1) is 5.02 Å². The number of aromatic nitrogens is 1. The molecule has 0 spiro atoms. The Kier molecular flexibility index (Phi) is 3.78. The Balaban J connectivity index is 1.50. The van der Waals surface area contributed by atoms with Crippen molar-refractivity contribution in [2.45, 2.75) is 6.54 Å². The summed E-state index contributed by atoms with van der Waals surface area (Å²) in [5.41, 5.74) is 2.32. The topological polar surface area (TPSA) is 63.4 Å². The summed E-state index contributed by atoms with van der Waals surface area (Å²) in [6.07, 6.45) is 0. The molecule has 0 bridgehead atoms. The maximum atomic E-state index is 12.3. The van der Waals surface area contributed by atoms with E-state index in [1.165, 1.54) is 0 Å². The van der Waals surface area contributed by atoms with Crippen molar-refractivity contribution in [2.75, 3.05) is 13.2 Å². The number of nitrogens with one attached hydrogen (secondary N) is 2. The summed E-state index contributed by atoms with van der Waals surface area (Å²) in [5.74, 6) is 1.01. The molecule has 2 aromatic carbocycles. The summed E-state index contributed by atoms with van der Waals surface area (Å²) in [7, 11) is 0. The summed E-state index contributed by atoms with van der Waals surface area (Å²) >= 11 is 6.21. The number of hydrogen-bond acceptors (Lipinski definition) is 3. The average molecular weight is 343 g/mol. The van der Waals surface area contributed by atoms with Gasteiger partial charge in [0.15, 0.2) is 11.5 Å². The number of amides is 1. The number of fused-ring (bicyclic) bond motifs is 2. The molecule has 0 saturated heterocycles. The molecule has 3 aromatic rings. The molecular weight excluding hydrogens is 328 g/mol. The molecule has 2 heterocycles. The lowest BCUT2D eigenvalue weighted by Crippen LogP contribution is -2.23. The quantitative estimate of drug-likeness (QED) is 0.765. The van der Waals surface area contributed by atoms with Gasteiger partial charge in [0.1, 0.15) is 18.9 Å². The normalized spacial score (nSPS) is 13.0. The van der Waals surface area contributed by atoms with Gasteiger partial charge in [0.25, 0.3) is 5.91 Å². The van der Waals surface area contributed by atoms with E-state index in [9.17, 15) is 4.79 Å². The molecule has 5 nitrogen and oxygen atoms in total. The Morgan fingerprint density at radius 3 is 2.88 bits per heavy atom. The summed E-state index contributed by atoms with van der Waals surface area (Å²) in [5, 5.41) is 4.38. The number of benzene rings is 2. The fraction of sp³-hybridized carbons (Fsp3) is 0.167. The van der Waals surface area contributed by atoms with Gasteiger partial charge in [-0.2, -0.15) is 0 Å². The van der Waals surface area contributed by atoms with Crippen LogP contribution in [0, 0.1) is 0 Å². The molecule has 1 amide bonds. The first-order chi connectivity index (χ1) is 11.7. The van der Waals surface area contributed by atoms with Gasteiger partial charge in [-0.15, -0.1) is 0 Å². The maximum Gasteiger partial charge on any atom is 0.267 e. The second kappa shape index (κ2) is 6.09. The van der Waals surface area contributed by atoms with E-state index in [0.717, 1.165) is 16.5 Å². The first kappa shape index (κ1) is 14.9. The van der Waals surface area contributed by atoms with Crippen LogP contribution < -0.4 is 14.8 Å². The molecule has 1 aliphatic rings. The highest BCUT2D eigenvalue weighted by molar-refractivity contribution is 6.32. The Morgan fingerprint density at radius 2 is 2.00 bits per heavy atom. The first-order valence-corrected chi connectivity index (χ1v) is 8.02. The largest absolute Gasteiger partial charge is 0.486 e. The number of aromatic amines is 1. The fourth-order valence-electron chi connectivity index (χ4n) is 2.74. The van der Waals surface area contributed by atoms with Gasteiger partial charge in [0.2, 0.25) is 0 Å². The van der Waals surface area contributed by atoms with Gasteiger partial charge >= 0.3 is 0 Å². The second-order valence-corrected chi connectivity index (χ2v) is 5.96. The number of ether oxygens (including phenoxy) is 2. The van der Waals surface area contributed by atoms with Crippen LogP contribution in [0.2, 0.25) is 5.02 Å². The predicted molar refractivity (Wildman–Crippen MR) is 91.9 cm³/mol. The lowest BCUT2D eigenvalue weighted by Gasteiger charge is -2.20. The Hall–Kier alpha value is -2.66. The molecule has 1 aliphatic heterocycles. The van der Waals surface area contributed by atoms with Crippen molar-refractivity contribution in [1.29, 1.82) is 0 Å². The van der Waals surface area contributed by atoms with E-state index in [2.05, 4.69) is 10.3 Å². The van der Waals surface area contributed by atoms with E-state index >= 15 is 0 Å². The van der Waals surface area contributed by atoms with Crippen LogP contribution in [0.25, 0.3) is 10.9 Å². The van der Waals surface area contributed by atoms with E-state index < -0.39 is 0 Å². The smallest absolute Gasteiger partial charge is 0.267 e. The zero-order valence-electron chi connectivity index (χ0n) is 12.8. The third-order valence-corrected chi connectivity index (χ3v) is 4.17. The number of para-hydroxylation sites is 1. The molecule has 0 radical (unpaired) electrons. The number of carbonyl (C=O) groups excluding carboxylic acids is 1. The molecular formula is C18H15ClN2O3. The van der Waals surface area contributed by atoms with Crippen LogP contribution in [-0.2, 0) is 6.54 Å². The highest BCUT2D eigenvalue weighted by Gasteiger charge is 2.17. The van der Waals surface area contributed by atoms with E-state index in [4.69, 9.17) is 21.1 Å². The second-order valence-electron chi connectivity index (χ2n) is 5.55. The minimum absolute atomic E-state index is 0.169. The molecule has 2 N–H and O–H groups in total. The minimum atomic E-state index is -0.169. The Bertz CT molecular complexity index is 887.